The van der Waals surface area contributed by atoms with E-state index in [4.69, 9.17) is 4.74 Å². The maximum absolute atomic E-state index is 12.6. The van der Waals surface area contributed by atoms with Crippen molar-refractivity contribution in [2.45, 2.75) is 65.4 Å². The number of rotatable bonds is 5. The van der Waals surface area contributed by atoms with Crippen LogP contribution in [-0.4, -0.2) is 41.1 Å². The number of carbonyl (C=O) groups is 2. The zero-order valence-electron chi connectivity index (χ0n) is 15.8. The number of aromatic hydroxyl groups is 1. The molecule has 1 atom stereocenters. The van der Waals surface area contributed by atoms with Crippen LogP contribution in [0.2, 0.25) is 0 Å². The summed E-state index contributed by atoms with van der Waals surface area (Å²) in [5, 5.41) is 10.5. The molecule has 0 aromatic heterocycles. The average molecular weight is 347 g/mol. The minimum Gasteiger partial charge on any atom is -0.507 e. The summed E-state index contributed by atoms with van der Waals surface area (Å²) >= 11 is 0. The summed E-state index contributed by atoms with van der Waals surface area (Å²) < 4.78 is 5.37. The summed E-state index contributed by atoms with van der Waals surface area (Å²) in [6.45, 7) is 11.0. The summed E-state index contributed by atoms with van der Waals surface area (Å²) in [5.41, 5.74) is 1.82. The molecule has 5 heteroatoms. The summed E-state index contributed by atoms with van der Waals surface area (Å²) in [6.07, 6.45) is 1.12. The minimum atomic E-state index is -0.852. The van der Waals surface area contributed by atoms with Crippen molar-refractivity contribution in [3.63, 3.8) is 0 Å². The van der Waals surface area contributed by atoms with Crippen LogP contribution in [0.1, 0.15) is 80.8 Å². The number of carbonyl (C=O) groups excluding carboxylic acids is 2. The number of esters is 1. The van der Waals surface area contributed by atoms with Gasteiger partial charge in [0.25, 0.3) is 5.91 Å². The highest BCUT2D eigenvalue weighted by atomic mass is 16.5. The number of phenols is 1. The largest absolute Gasteiger partial charge is 0.507 e. The first-order valence-electron chi connectivity index (χ1n) is 9.09. The first-order valence-corrected chi connectivity index (χ1v) is 9.09. The van der Waals surface area contributed by atoms with Crippen molar-refractivity contribution in [1.82, 2.24) is 4.90 Å². The van der Waals surface area contributed by atoms with E-state index < -0.39 is 12.1 Å². The van der Waals surface area contributed by atoms with Crippen LogP contribution in [0.25, 0.3) is 0 Å². The average Bonchev–Trinajstić information content (AvgIpc) is 3.07. The third kappa shape index (κ3) is 4.33. The van der Waals surface area contributed by atoms with Crippen LogP contribution in [0.5, 0.6) is 5.75 Å². The van der Waals surface area contributed by atoms with Gasteiger partial charge in [-0.3, -0.25) is 4.79 Å². The Kier molecular flexibility index (Phi) is 6.09. The van der Waals surface area contributed by atoms with Crippen molar-refractivity contribution in [3.05, 3.63) is 28.8 Å². The molecular formula is C20H29NO4. The van der Waals surface area contributed by atoms with Crippen molar-refractivity contribution >= 4 is 11.9 Å². The summed E-state index contributed by atoms with van der Waals surface area (Å²) in [7, 11) is 0. The molecule has 1 aromatic carbocycles. The van der Waals surface area contributed by atoms with Gasteiger partial charge in [-0.15, -0.1) is 0 Å². The Balaban J connectivity index is 2.24. The number of hydrogen-bond acceptors (Lipinski definition) is 4. The Bertz CT molecular complexity index is 645. The molecule has 0 spiro atoms. The van der Waals surface area contributed by atoms with Gasteiger partial charge in [-0.25, -0.2) is 4.79 Å². The molecule has 1 amide bonds. The first-order chi connectivity index (χ1) is 11.7. The molecular weight excluding hydrogens is 318 g/mol. The molecule has 1 heterocycles. The molecule has 0 radical (unpaired) electrons. The van der Waals surface area contributed by atoms with E-state index in [2.05, 4.69) is 0 Å². The number of phenolic OH excluding ortho intramolecular Hbond substituents is 1. The predicted molar refractivity (Wildman–Crippen MR) is 97.0 cm³/mol. The van der Waals surface area contributed by atoms with E-state index in [-0.39, 0.29) is 29.1 Å². The summed E-state index contributed by atoms with van der Waals surface area (Å²) in [4.78, 5) is 26.6. The number of likely N-dealkylation sites (tertiary alicyclic amines) is 1. The topological polar surface area (TPSA) is 66.8 Å². The van der Waals surface area contributed by atoms with Gasteiger partial charge >= 0.3 is 5.97 Å². The Hall–Kier alpha value is -2.04. The molecule has 0 bridgehead atoms. The molecule has 5 nitrogen and oxygen atoms in total. The summed E-state index contributed by atoms with van der Waals surface area (Å²) in [6, 6.07) is 3.60. The predicted octanol–water partition coefficient (Wildman–Crippen LogP) is 3.81. The lowest BCUT2D eigenvalue weighted by Gasteiger charge is -2.21. The molecule has 1 aliphatic rings. The fourth-order valence-electron chi connectivity index (χ4n) is 3.08. The van der Waals surface area contributed by atoms with E-state index in [0.29, 0.717) is 13.1 Å². The maximum atomic E-state index is 12.6. The lowest BCUT2D eigenvalue weighted by Crippen LogP contribution is -2.38. The molecule has 1 aliphatic heterocycles. The third-order valence-electron chi connectivity index (χ3n) is 4.72. The van der Waals surface area contributed by atoms with E-state index in [1.54, 1.807) is 17.9 Å². The van der Waals surface area contributed by atoms with Crippen molar-refractivity contribution in [3.8, 4) is 5.75 Å². The van der Waals surface area contributed by atoms with Gasteiger partial charge in [0.1, 0.15) is 11.3 Å². The molecule has 1 fully saturated rings. The van der Waals surface area contributed by atoms with Crippen LogP contribution in [0.3, 0.4) is 0 Å². The van der Waals surface area contributed by atoms with Gasteiger partial charge in [-0.05, 0) is 48.8 Å². The highest BCUT2D eigenvalue weighted by Gasteiger charge is 2.28. The van der Waals surface area contributed by atoms with Gasteiger partial charge in [0.05, 0.1) is 0 Å². The molecule has 0 aliphatic carbocycles. The number of hydrogen-bond donors (Lipinski definition) is 1. The third-order valence-corrected chi connectivity index (χ3v) is 4.72. The zero-order chi connectivity index (χ0) is 18.7. The number of benzene rings is 1. The van der Waals surface area contributed by atoms with E-state index in [1.165, 1.54) is 0 Å². The van der Waals surface area contributed by atoms with Crippen molar-refractivity contribution in [2.75, 3.05) is 13.1 Å². The Morgan fingerprint density at radius 1 is 1.04 bits per heavy atom. The van der Waals surface area contributed by atoms with E-state index in [0.717, 1.165) is 24.0 Å². The molecule has 1 saturated heterocycles. The van der Waals surface area contributed by atoms with Crippen LogP contribution in [-0.2, 0) is 9.53 Å². The zero-order valence-corrected chi connectivity index (χ0v) is 15.8. The summed E-state index contributed by atoms with van der Waals surface area (Å²) in [5.74, 6) is -0.580. The maximum Gasteiger partial charge on any atom is 0.342 e. The molecule has 1 N–H and O–H groups in total. The lowest BCUT2D eigenvalue weighted by molar-refractivity contribution is -0.138. The van der Waals surface area contributed by atoms with Crippen LogP contribution in [0.4, 0.5) is 0 Å². The van der Waals surface area contributed by atoms with Gasteiger partial charge in [0.15, 0.2) is 6.10 Å². The Morgan fingerprint density at radius 2 is 1.64 bits per heavy atom. The highest BCUT2D eigenvalue weighted by Crippen LogP contribution is 2.33. The van der Waals surface area contributed by atoms with Crippen LogP contribution in [0, 0.1) is 0 Å². The van der Waals surface area contributed by atoms with E-state index >= 15 is 0 Å². The molecule has 25 heavy (non-hydrogen) atoms. The number of amides is 1. The van der Waals surface area contributed by atoms with E-state index in [9.17, 15) is 14.7 Å². The molecule has 1 aromatic rings. The van der Waals surface area contributed by atoms with Gasteiger partial charge in [-0.2, -0.15) is 0 Å². The fraction of sp³-hybridized carbons (Fsp3) is 0.600. The van der Waals surface area contributed by atoms with Crippen LogP contribution in [0.15, 0.2) is 12.1 Å². The van der Waals surface area contributed by atoms with Crippen LogP contribution < -0.4 is 0 Å². The standard InChI is InChI=1S/C20H29NO4/c1-12(2)15-10-16(13(3)4)18(22)17(11-15)20(24)25-14(5)19(23)21-8-6-7-9-21/h10-14,22H,6-9H2,1-5H3/t14-/m1/s1. The molecule has 2 rings (SSSR count). The second-order valence-corrected chi connectivity index (χ2v) is 7.40. The van der Waals surface area contributed by atoms with Gasteiger partial charge in [-0.1, -0.05) is 33.8 Å². The van der Waals surface area contributed by atoms with Crippen LogP contribution >= 0.6 is 0 Å². The van der Waals surface area contributed by atoms with Crippen molar-refractivity contribution in [2.24, 2.45) is 0 Å². The lowest BCUT2D eigenvalue weighted by atomic mass is 9.92. The molecule has 138 valence electrons. The van der Waals surface area contributed by atoms with E-state index in [1.807, 2.05) is 33.8 Å². The normalized spacial score (nSPS) is 15.7. The Labute approximate surface area is 150 Å². The van der Waals surface area contributed by atoms with Crippen molar-refractivity contribution < 1.29 is 19.4 Å². The highest BCUT2D eigenvalue weighted by molar-refractivity contribution is 5.95. The molecule has 0 unspecified atom stereocenters. The minimum absolute atomic E-state index is 0.0507. The van der Waals surface area contributed by atoms with Crippen molar-refractivity contribution in [1.29, 1.82) is 0 Å². The van der Waals surface area contributed by atoms with Gasteiger partial charge in [0, 0.05) is 13.1 Å². The smallest absolute Gasteiger partial charge is 0.342 e. The monoisotopic (exact) mass is 347 g/mol. The van der Waals surface area contributed by atoms with Gasteiger partial charge < -0.3 is 14.7 Å². The number of nitrogens with zero attached hydrogens (tertiary/aromatic N) is 1. The fourth-order valence-corrected chi connectivity index (χ4v) is 3.08. The SMILES string of the molecule is CC(C)c1cc(C(=O)O[C@H](C)C(=O)N2CCCC2)c(O)c(C(C)C)c1. The molecule has 0 saturated carbocycles. The second-order valence-electron chi connectivity index (χ2n) is 7.40. The van der Waals surface area contributed by atoms with Gasteiger partial charge in [0.2, 0.25) is 0 Å². The second kappa shape index (κ2) is 7.89. The first kappa shape index (κ1) is 19.3. The Morgan fingerprint density at radius 3 is 2.16 bits per heavy atom. The number of ether oxygens (including phenoxy) is 1. The quantitative estimate of drug-likeness (QED) is 0.823.